The highest BCUT2D eigenvalue weighted by molar-refractivity contribution is 5.32. The lowest BCUT2D eigenvalue weighted by Crippen LogP contribution is -2.26. The molecule has 6 heteroatoms. The molecule has 5 rings (SSSR count). The molecule has 1 saturated heterocycles. The summed E-state index contributed by atoms with van der Waals surface area (Å²) in [5.74, 6) is -0.640. The lowest BCUT2D eigenvalue weighted by molar-refractivity contribution is 0.179. The smallest absolute Gasteiger partial charge is 0.191 e. The molecule has 1 aliphatic carbocycles. The van der Waals surface area contributed by atoms with Crippen molar-refractivity contribution in [2.75, 3.05) is 19.6 Å². The molecule has 178 valence electrons. The van der Waals surface area contributed by atoms with Gasteiger partial charge in [-0.25, -0.2) is 13.2 Å². The van der Waals surface area contributed by atoms with E-state index in [-0.39, 0.29) is 24.3 Å². The first-order valence-electron chi connectivity index (χ1n) is 11.8. The van der Waals surface area contributed by atoms with Crippen LogP contribution in [0.15, 0.2) is 66.7 Å². The summed E-state index contributed by atoms with van der Waals surface area (Å²) in [5.41, 5.74) is 1.48. The molecule has 0 bridgehead atoms. The van der Waals surface area contributed by atoms with Gasteiger partial charge in [0, 0.05) is 19.6 Å². The van der Waals surface area contributed by atoms with Crippen LogP contribution in [0.3, 0.4) is 0 Å². The third-order valence-corrected chi connectivity index (χ3v) is 6.91. The van der Waals surface area contributed by atoms with Crippen LogP contribution in [-0.4, -0.2) is 30.6 Å². The van der Waals surface area contributed by atoms with E-state index < -0.39 is 11.6 Å². The van der Waals surface area contributed by atoms with Gasteiger partial charge in [-0.05, 0) is 66.5 Å². The van der Waals surface area contributed by atoms with Crippen LogP contribution in [0.4, 0.5) is 13.2 Å². The summed E-state index contributed by atoms with van der Waals surface area (Å²) in [6.07, 6.45) is 2.43. The Morgan fingerprint density at radius 2 is 1.41 bits per heavy atom. The van der Waals surface area contributed by atoms with Crippen molar-refractivity contribution >= 4 is 0 Å². The maximum atomic E-state index is 14.5. The number of ether oxygens (including phenoxy) is 2. The normalized spacial score (nSPS) is 22.0. The van der Waals surface area contributed by atoms with Gasteiger partial charge >= 0.3 is 0 Å². The number of rotatable bonds is 8. The molecule has 0 radical (unpaired) electrons. The average Bonchev–Trinajstić information content (AvgIpc) is 3.37. The zero-order valence-corrected chi connectivity index (χ0v) is 18.9. The summed E-state index contributed by atoms with van der Waals surface area (Å²) in [5, 5.41) is 0. The number of halogens is 3. The van der Waals surface area contributed by atoms with E-state index in [0.717, 1.165) is 38.0 Å². The van der Waals surface area contributed by atoms with Crippen molar-refractivity contribution in [3.8, 4) is 11.5 Å². The van der Waals surface area contributed by atoms with Gasteiger partial charge in [-0.15, -0.1) is 0 Å². The zero-order chi connectivity index (χ0) is 23.5. The predicted molar refractivity (Wildman–Crippen MR) is 124 cm³/mol. The number of likely N-dealkylation sites (tertiary alicyclic amines) is 1. The Balaban J connectivity index is 1.11. The molecule has 2 fully saturated rings. The van der Waals surface area contributed by atoms with Gasteiger partial charge in [0.05, 0.1) is 6.10 Å². The topological polar surface area (TPSA) is 21.7 Å². The molecule has 3 aromatic carbocycles. The molecule has 3 aromatic rings. The summed E-state index contributed by atoms with van der Waals surface area (Å²) >= 11 is 0. The van der Waals surface area contributed by atoms with Crippen LogP contribution < -0.4 is 9.47 Å². The second-order valence-electron chi connectivity index (χ2n) is 9.33. The molecule has 0 N–H and O–H groups in total. The molecule has 2 aliphatic rings. The van der Waals surface area contributed by atoms with Crippen LogP contribution in [0, 0.1) is 29.3 Å². The molecule has 1 heterocycles. The number of hydrogen-bond donors (Lipinski definition) is 0. The summed E-state index contributed by atoms with van der Waals surface area (Å²) in [6, 6.07) is 18.6. The van der Waals surface area contributed by atoms with Crippen molar-refractivity contribution in [2.45, 2.75) is 32.0 Å². The fraction of sp³-hybridized carbons (Fsp3) is 0.357. The highest BCUT2D eigenvalue weighted by Gasteiger charge is 2.41. The van der Waals surface area contributed by atoms with E-state index in [9.17, 15) is 13.2 Å². The van der Waals surface area contributed by atoms with E-state index >= 15 is 0 Å². The van der Waals surface area contributed by atoms with Crippen LogP contribution in [-0.2, 0) is 13.0 Å². The Bertz CT molecular complexity index is 1090. The van der Waals surface area contributed by atoms with Crippen LogP contribution in [0.2, 0.25) is 0 Å². The lowest BCUT2D eigenvalue weighted by Gasteiger charge is -2.20. The first-order valence-corrected chi connectivity index (χ1v) is 11.8. The molecule has 34 heavy (non-hydrogen) atoms. The minimum Gasteiger partial charge on any atom is -0.487 e. The van der Waals surface area contributed by atoms with Gasteiger partial charge in [-0.2, -0.15) is 0 Å². The number of fused-ring (bicyclic) bond motifs is 1. The predicted octanol–water partition coefficient (Wildman–Crippen LogP) is 6.01. The van der Waals surface area contributed by atoms with Gasteiger partial charge in [-0.3, -0.25) is 0 Å². The van der Waals surface area contributed by atoms with Gasteiger partial charge in [0.25, 0.3) is 0 Å². The van der Waals surface area contributed by atoms with Crippen molar-refractivity contribution in [2.24, 2.45) is 11.8 Å². The molecule has 0 aromatic heterocycles. The van der Waals surface area contributed by atoms with E-state index in [0.29, 0.717) is 29.6 Å². The Hall–Kier alpha value is -2.99. The fourth-order valence-corrected chi connectivity index (χ4v) is 5.25. The largest absolute Gasteiger partial charge is 0.487 e. The van der Waals surface area contributed by atoms with Gasteiger partial charge in [-0.1, -0.05) is 42.5 Å². The number of benzene rings is 3. The van der Waals surface area contributed by atoms with Crippen LogP contribution in [0.5, 0.6) is 11.5 Å². The molecule has 0 amide bonds. The molecular formula is C28H28F3NO2. The second kappa shape index (κ2) is 10.1. The van der Waals surface area contributed by atoms with Crippen molar-refractivity contribution in [3.63, 3.8) is 0 Å². The van der Waals surface area contributed by atoms with Crippen LogP contribution in [0.1, 0.15) is 24.0 Å². The molecule has 3 nitrogen and oxygen atoms in total. The Morgan fingerprint density at radius 3 is 2.09 bits per heavy atom. The van der Waals surface area contributed by atoms with Gasteiger partial charge in [0.1, 0.15) is 6.61 Å². The van der Waals surface area contributed by atoms with E-state index in [1.165, 1.54) is 18.2 Å². The van der Waals surface area contributed by atoms with Crippen molar-refractivity contribution in [1.82, 2.24) is 4.90 Å². The van der Waals surface area contributed by atoms with Crippen molar-refractivity contribution in [1.29, 1.82) is 0 Å². The highest BCUT2D eigenvalue weighted by atomic mass is 19.1. The Labute approximate surface area is 198 Å². The minimum absolute atomic E-state index is 0.0423. The standard InChI is InChI=1S/C28H28F3NO2/c29-24-8-4-5-9-27(24)34-23-14-21-16-32(17-22(21)15-23)11-10-20-12-25(30)28(26(31)13-20)33-18-19-6-2-1-3-7-19/h1-9,12-13,21-23H,10-11,14-18H2/t21-,22+,23?. The first-order chi connectivity index (χ1) is 16.5. The molecule has 0 spiro atoms. The molecular weight excluding hydrogens is 439 g/mol. The maximum absolute atomic E-state index is 14.5. The van der Waals surface area contributed by atoms with E-state index in [4.69, 9.17) is 9.47 Å². The quantitative estimate of drug-likeness (QED) is 0.405. The molecule has 3 atom stereocenters. The highest BCUT2D eigenvalue weighted by Crippen LogP contribution is 2.40. The van der Waals surface area contributed by atoms with E-state index in [1.54, 1.807) is 18.2 Å². The van der Waals surface area contributed by atoms with Crippen molar-refractivity contribution < 1.29 is 22.6 Å². The van der Waals surface area contributed by atoms with Gasteiger partial charge in [0.2, 0.25) is 0 Å². The molecule has 1 saturated carbocycles. The average molecular weight is 468 g/mol. The van der Waals surface area contributed by atoms with Crippen molar-refractivity contribution in [3.05, 3.63) is 95.3 Å². The van der Waals surface area contributed by atoms with Crippen LogP contribution >= 0.6 is 0 Å². The molecule has 1 aliphatic heterocycles. The summed E-state index contributed by atoms with van der Waals surface area (Å²) in [7, 11) is 0. The number of hydrogen-bond acceptors (Lipinski definition) is 3. The minimum atomic E-state index is -0.669. The third-order valence-electron chi connectivity index (χ3n) is 6.91. The number of nitrogens with zero attached hydrogens (tertiary/aromatic N) is 1. The Kier molecular flexibility index (Phi) is 6.77. The summed E-state index contributed by atoms with van der Waals surface area (Å²) < 4.78 is 54.2. The molecule has 1 unspecified atom stereocenters. The third kappa shape index (κ3) is 5.22. The first kappa shape index (κ1) is 22.8. The summed E-state index contributed by atoms with van der Waals surface area (Å²) in [4.78, 5) is 2.35. The maximum Gasteiger partial charge on any atom is 0.191 e. The van der Waals surface area contributed by atoms with E-state index in [2.05, 4.69) is 4.90 Å². The van der Waals surface area contributed by atoms with Crippen LogP contribution in [0.25, 0.3) is 0 Å². The summed E-state index contributed by atoms with van der Waals surface area (Å²) in [6.45, 7) is 2.73. The Morgan fingerprint density at radius 1 is 0.765 bits per heavy atom. The number of para-hydroxylation sites is 1. The fourth-order valence-electron chi connectivity index (χ4n) is 5.25. The zero-order valence-electron chi connectivity index (χ0n) is 18.9. The SMILES string of the molecule is Fc1ccccc1OC1C[C@@H]2CN(CCc3cc(F)c(OCc4ccccc4)c(F)c3)C[C@@H]2C1. The van der Waals surface area contributed by atoms with E-state index in [1.807, 2.05) is 30.3 Å². The lowest BCUT2D eigenvalue weighted by atomic mass is 10.0. The monoisotopic (exact) mass is 467 g/mol. The van der Waals surface area contributed by atoms with Gasteiger partial charge in [0.15, 0.2) is 29.0 Å². The second-order valence-corrected chi connectivity index (χ2v) is 9.33. The van der Waals surface area contributed by atoms with Gasteiger partial charge < -0.3 is 14.4 Å².